The number of hydrogen-bond acceptors (Lipinski definition) is 6. The standard InChI is InChI=1S/C19H24N4O3S2/c1-4-12(2)20-17(25)9-16-10-27-19(23-16)28-11-18(26)22-15-7-5-6-14(8-15)21-13(3)24/h5-8,10,12H,4,9,11H2,1-3H3,(H,20,25)(H,21,24)(H,22,26)/t12-/m1/s1. The van der Waals surface area contributed by atoms with Gasteiger partial charge in [-0.25, -0.2) is 4.98 Å². The number of carbonyl (C=O) groups is 3. The maximum absolute atomic E-state index is 12.2. The monoisotopic (exact) mass is 420 g/mol. The van der Waals surface area contributed by atoms with Gasteiger partial charge in [-0.15, -0.1) is 11.3 Å². The van der Waals surface area contributed by atoms with Crippen molar-refractivity contribution in [2.75, 3.05) is 16.4 Å². The normalized spacial score (nSPS) is 11.5. The van der Waals surface area contributed by atoms with Gasteiger partial charge in [0.2, 0.25) is 17.7 Å². The summed E-state index contributed by atoms with van der Waals surface area (Å²) in [7, 11) is 0. The van der Waals surface area contributed by atoms with Gasteiger partial charge in [-0.05, 0) is 31.5 Å². The van der Waals surface area contributed by atoms with Gasteiger partial charge in [-0.2, -0.15) is 0 Å². The number of hydrogen-bond donors (Lipinski definition) is 3. The summed E-state index contributed by atoms with van der Waals surface area (Å²) in [5.41, 5.74) is 1.94. The second kappa shape index (κ2) is 10.8. The molecule has 0 aliphatic rings. The average Bonchev–Trinajstić information content (AvgIpc) is 3.06. The molecule has 0 bridgehead atoms. The Balaban J connectivity index is 1.81. The Morgan fingerprint density at radius 1 is 1.18 bits per heavy atom. The molecule has 1 atom stereocenters. The van der Waals surface area contributed by atoms with Gasteiger partial charge in [-0.3, -0.25) is 14.4 Å². The van der Waals surface area contributed by atoms with Crippen molar-refractivity contribution in [3.05, 3.63) is 35.3 Å². The Hall–Kier alpha value is -2.39. The van der Waals surface area contributed by atoms with Gasteiger partial charge < -0.3 is 16.0 Å². The van der Waals surface area contributed by atoms with Crippen molar-refractivity contribution >= 4 is 52.2 Å². The maximum Gasteiger partial charge on any atom is 0.234 e. The Kier molecular flexibility index (Phi) is 8.46. The first-order valence-corrected chi connectivity index (χ1v) is 10.8. The topological polar surface area (TPSA) is 100 Å². The van der Waals surface area contributed by atoms with Crippen LogP contribution in [0.3, 0.4) is 0 Å². The molecule has 0 saturated carbocycles. The summed E-state index contributed by atoms with van der Waals surface area (Å²) in [4.78, 5) is 39.6. The highest BCUT2D eigenvalue weighted by Crippen LogP contribution is 2.23. The summed E-state index contributed by atoms with van der Waals surface area (Å²) in [6.07, 6.45) is 1.12. The van der Waals surface area contributed by atoms with E-state index in [1.807, 2.05) is 19.2 Å². The molecule has 7 nitrogen and oxygen atoms in total. The molecule has 2 rings (SSSR count). The number of nitrogens with one attached hydrogen (secondary N) is 3. The molecule has 0 aliphatic carbocycles. The van der Waals surface area contributed by atoms with Crippen LogP contribution in [0.5, 0.6) is 0 Å². The number of anilines is 2. The van der Waals surface area contributed by atoms with Crippen LogP contribution in [0.25, 0.3) is 0 Å². The van der Waals surface area contributed by atoms with Crippen LogP contribution in [0.1, 0.15) is 32.9 Å². The molecule has 1 heterocycles. The minimum absolute atomic E-state index is 0.0482. The van der Waals surface area contributed by atoms with Gasteiger partial charge in [0, 0.05) is 29.7 Å². The van der Waals surface area contributed by atoms with E-state index < -0.39 is 0 Å². The molecule has 3 N–H and O–H groups in total. The van der Waals surface area contributed by atoms with E-state index in [1.54, 1.807) is 24.3 Å². The molecule has 28 heavy (non-hydrogen) atoms. The van der Waals surface area contributed by atoms with Crippen LogP contribution in [0.2, 0.25) is 0 Å². The van der Waals surface area contributed by atoms with Gasteiger partial charge in [-0.1, -0.05) is 24.8 Å². The molecule has 1 aromatic heterocycles. The zero-order valence-corrected chi connectivity index (χ0v) is 17.7. The molecule has 0 fully saturated rings. The number of thiazole rings is 1. The van der Waals surface area contributed by atoms with Gasteiger partial charge >= 0.3 is 0 Å². The van der Waals surface area contributed by atoms with Crippen molar-refractivity contribution in [3.8, 4) is 0 Å². The lowest BCUT2D eigenvalue weighted by molar-refractivity contribution is -0.121. The Labute approximate surface area is 172 Å². The number of nitrogens with zero attached hydrogens (tertiary/aromatic N) is 1. The third-order valence-electron chi connectivity index (χ3n) is 3.69. The number of carbonyl (C=O) groups excluding carboxylic acids is 3. The summed E-state index contributed by atoms with van der Waals surface area (Å²) in [6, 6.07) is 7.10. The van der Waals surface area contributed by atoms with E-state index in [1.165, 1.54) is 30.0 Å². The lowest BCUT2D eigenvalue weighted by Gasteiger charge is -2.10. The number of thioether (sulfide) groups is 1. The lowest BCUT2D eigenvalue weighted by Crippen LogP contribution is -2.33. The van der Waals surface area contributed by atoms with Crippen molar-refractivity contribution in [2.24, 2.45) is 0 Å². The smallest absolute Gasteiger partial charge is 0.234 e. The molecule has 0 unspecified atom stereocenters. The largest absolute Gasteiger partial charge is 0.353 e. The van der Waals surface area contributed by atoms with Gasteiger partial charge in [0.15, 0.2) is 4.34 Å². The predicted octanol–water partition coefficient (Wildman–Crippen LogP) is 3.29. The molecule has 3 amide bonds. The van der Waals surface area contributed by atoms with Crippen LogP contribution in [-0.2, 0) is 20.8 Å². The minimum atomic E-state index is -0.170. The molecule has 0 radical (unpaired) electrons. The van der Waals surface area contributed by atoms with Crippen LogP contribution in [-0.4, -0.2) is 34.5 Å². The average molecular weight is 421 g/mol. The molecule has 2 aromatic rings. The zero-order valence-electron chi connectivity index (χ0n) is 16.1. The highest BCUT2D eigenvalue weighted by Gasteiger charge is 2.11. The molecule has 0 spiro atoms. The third-order valence-corrected chi connectivity index (χ3v) is 5.76. The van der Waals surface area contributed by atoms with Crippen molar-refractivity contribution < 1.29 is 14.4 Å². The number of rotatable bonds is 9. The summed E-state index contributed by atoms with van der Waals surface area (Å²) < 4.78 is 0.744. The van der Waals surface area contributed by atoms with Gasteiger partial charge in [0.1, 0.15) is 0 Å². The van der Waals surface area contributed by atoms with E-state index in [0.29, 0.717) is 17.1 Å². The molecule has 1 aromatic carbocycles. The predicted molar refractivity (Wildman–Crippen MR) is 114 cm³/mol. The van der Waals surface area contributed by atoms with Crippen LogP contribution in [0.15, 0.2) is 34.0 Å². The Morgan fingerprint density at radius 3 is 2.57 bits per heavy atom. The van der Waals surface area contributed by atoms with Crippen molar-refractivity contribution in [2.45, 2.75) is 44.0 Å². The van der Waals surface area contributed by atoms with Gasteiger partial charge in [0.25, 0.3) is 0 Å². The third kappa shape index (κ3) is 7.69. The number of amides is 3. The van der Waals surface area contributed by atoms with Crippen LogP contribution < -0.4 is 16.0 Å². The highest BCUT2D eigenvalue weighted by molar-refractivity contribution is 8.01. The fraction of sp³-hybridized carbons (Fsp3) is 0.368. The minimum Gasteiger partial charge on any atom is -0.353 e. The molecular weight excluding hydrogens is 396 g/mol. The van der Waals surface area contributed by atoms with Crippen LogP contribution in [0.4, 0.5) is 11.4 Å². The maximum atomic E-state index is 12.2. The Bertz CT molecular complexity index is 838. The Morgan fingerprint density at radius 2 is 1.89 bits per heavy atom. The SMILES string of the molecule is CC[C@@H](C)NC(=O)Cc1csc(SCC(=O)Nc2cccc(NC(C)=O)c2)n1. The first-order chi connectivity index (χ1) is 13.4. The molecule has 0 aliphatic heterocycles. The van der Waals surface area contributed by atoms with Crippen LogP contribution in [0, 0.1) is 0 Å². The van der Waals surface area contributed by atoms with E-state index in [9.17, 15) is 14.4 Å². The van der Waals surface area contributed by atoms with Crippen molar-refractivity contribution in [1.82, 2.24) is 10.3 Å². The van der Waals surface area contributed by atoms with E-state index in [0.717, 1.165) is 10.8 Å². The van der Waals surface area contributed by atoms with E-state index in [2.05, 4.69) is 20.9 Å². The lowest BCUT2D eigenvalue weighted by atomic mass is 10.2. The van der Waals surface area contributed by atoms with Crippen LogP contribution >= 0.6 is 23.1 Å². The zero-order chi connectivity index (χ0) is 20.5. The van der Waals surface area contributed by atoms with Gasteiger partial charge in [0.05, 0.1) is 17.9 Å². The summed E-state index contributed by atoms with van der Waals surface area (Å²) in [6.45, 7) is 5.41. The quantitative estimate of drug-likeness (QED) is 0.541. The number of benzene rings is 1. The molecule has 0 saturated heterocycles. The first-order valence-electron chi connectivity index (χ1n) is 8.89. The summed E-state index contributed by atoms with van der Waals surface area (Å²) in [5, 5.41) is 10.2. The number of aromatic nitrogens is 1. The molecule has 9 heteroatoms. The fourth-order valence-electron chi connectivity index (χ4n) is 2.23. The van der Waals surface area contributed by atoms with E-state index in [4.69, 9.17) is 0 Å². The fourth-order valence-corrected chi connectivity index (χ4v) is 3.88. The first kappa shape index (κ1) is 21.9. The van der Waals surface area contributed by atoms with Crippen molar-refractivity contribution in [3.63, 3.8) is 0 Å². The van der Waals surface area contributed by atoms with E-state index >= 15 is 0 Å². The van der Waals surface area contributed by atoms with E-state index in [-0.39, 0.29) is 35.9 Å². The molecular formula is C19H24N4O3S2. The summed E-state index contributed by atoms with van der Waals surface area (Å²) in [5.74, 6) is -0.184. The molecule has 150 valence electrons. The van der Waals surface area contributed by atoms with Crippen molar-refractivity contribution in [1.29, 1.82) is 0 Å². The highest BCUT2D eigenvalue weighted by atomic mass is 32.2. The second-order valence-corrected chi connectivity index (χ2v) is 8.34. The summed E-state index contributed by atoms with van der Waals surface area (Å²) >= 11 is 2.74. The second-order valence-electron chi connectivity index (χ2n) is 6.26.